The first-order chi connectivity index (χ1) is 8.38. The van der Waals surface area contributed by atoms with Crippen molar-refractivity contribution in [2.24, 2.45) is 7.05 Å². The third kappa shape index (κ3) is 3.01. The van der Waals surface area contributed by atoms with Crippen LogP contribution in [0.5, 0.6) is 5.88 Å². The molecule has 0 fully saturated rings. The Morgan fingerprint density at radius 2 is 2.17 bits per heavy atom. The van der Waals surface area contributed by atoms with Gasteiger partial charge in [0.1, 0.15) is 0 Å². The van der Waals surface area contributed by atoms with Crippen LogP contribution >= 0.6 is 0 Å². The minimum Gasteiger partial charge on any atom is -0.481 e. The molecule has 0 spiro atoms. The smallest absolute Gasteiger partial charge is 0.238 e. The maximum Gasteiger partial charge on any atom is 0.238 e. The van der Waals surface area contributed by atoms with Crippen LogP contribution in [-0.4, -0.2) is 47.8 Å². The molecule has 1 rings (SSSR count). The molecule has 0 saturated heterocycles. The summed E-state index contributed by atoms with van der Waals surface area (Å²) >= 11 is 0. The summed E-state index contributed by atoms with van der Waals surface area (Å²) in [4.78, 5) is 13.3. The number of amides is 1. The van der Waals surface area contributed by atoms with E-state index >= 15 is 0 Å². The number of nitrogens with one attached hydrogen (secondary N) is 1. The fourth-order valence-electron chi connectivity index (χ4n) is 1.87. The molecule has 0 saturated carbocycles. The number of nitrogens with zero attached hydrogens (tertiary/aromatic N) is 3. The van der Waals surface area contributed by atoms with Crippen molar-refractivity contribution in [1.29, 1.82) is 0 Å². The number of carbonyl (C=O) groups excluding carboxylic acids is 1. The molecule has 0 aliphatic rings. The third-order valence-electron chi connectivity index (χ3n) is 2.88. The Morgan fingerprint density at radius 3 is 2.67 bits per heavy atom. The first kappa shape index (κ1) is 14.5. The van der Waals surface area contributed by atoms with Crippen LogP contribution in [0.15, 0.2) is 0 Å². The van der Waals surface area contributed by atoms with Gasteiger partial charge in [-0.2, -0.15) is 5.10 Å². The molecule has 0 aliphatic heterocycles. The van der Waals surface area contributed by atoms with Gasteiger partial charge in [0.2, 0.25) is 11.8 Å². The molecule has 0 radical (unpaired) electrons. The molecule has 6 nitrogen and oxygen atoms in total. The molecular weight excluding hydrogens is 232 g/mol. The van der Waals surface area contributed by atoms with E-state index in [1.54, 1.807) is 30.8 Å². The summed E-state index contributed by atoms with van der Waals surface area (Å²) in [5, 5.41) is 7.48. The predicted molar refractivity (Wildman–Crippen MR) is 69.5 cm³/mol. The van der Waals surface area contributed by atoms with Crippen LogP contribution in [0.25, 0.3) is 0 Å². The summed E-state index contributed by atoms with van der Waals surface area (Å²) in [5.74, 6) is 0.778. The predicted octanol–water partition coefficient (Wildman–Crippen LogP) is 0.303. The van der Waals surface area contributed by atoms with Crippen LogP contribution in [0.1, 0.15) is 18.2 Å². The fourth-order valence-corrected chi connectivity index (χ4v) is 1.87. The molecule has 18 heavy (non-hydrogen) atoms. The SMILES string of the molecule is COc1c(CN[C@H](C)C(=O)N(C)C)c(C)nn1C. The lowest BCUT2D eigenvalue weighted by molar-refractivity contribution is -0.130. The highest BCUT2D eigenvalue weighted by molar-refractivity contribution is 5.80. The Bertz CT molecular complexity index is 426. The number of ether oxygens (including phenoxy) is 1. The van der Waals surface area contributed by atoms with E-state index in [1.165, 1.54) is 0 Å². The second-order valence-electron chi connectivity index (χ2n) is 4.53. The van der Waals surface area contributed by atoms with Crippen LogP contribution in [0.4, 0.5) is 0 Å². The lowest BCUT2D eigenvalue weighted by Crippen LogP contribution is -2.41. The van der Waals surface area contributed by atoms with Crippen molar-refractivity contribution >= 4 is 5.91 Å². The minimum atomic E-state index is -0.232. The standard InChI is InChI=1S/C12H22N4O2/c1-8-10(12(18-6)16(5)14-8)7-13-9(2)11(17)15(3)4/h9,13H,7H2,1-6H3/t9-/m1/s1. The number of rotatable bonds is 5. The maximum absolute atomic E-state index is 11.7. The molecule has 1 aromatic rings. The zero-order valence-corrected chi connectivity index (χ0v) is 11.9. The van der Waals surface area contributed by atoms with E-state index in [0.29, 0.717) is 6.54 Å². The molecule has 1 atom stereocenters. The van der Waals surface area contributed by atoms with Gasteiger partial charge in [0.05, 0.1) is 24.4 Å². The summed E-state index contributed by atoms with van der Waals surface area (Å²) in [6, 6.07) is -0.232. The van der Waals surface area contributed by atoms with Gasteiger partial charge in [-0.25, -0.2) is 4.68 Å². The monoisotopic (exact) mass is 254 g/mol. The molecule has 6 heteroatoms. The topological polar surface area (TPSA) is 59.4 Å². The highest BCUT2D eigenvalue weighted by atomic mass is 16.5. The van der Waals surface area contributed by atoms with Crippen molar-refractivity contribution in [2.45, 2.75) is 26.4 Å². The number of hydrogen-bond acceptors (Lipinski definition) is 4. The van der Waals surface area contributed by atoms with Gasteiger partial charge >= 0.3 is 0 Å². The van der Waals surface area contributed by atoms with Gasteiger partial charge < -0.3 is 15.0 Å². The summed E-state index contributed by atoms with van der Waals surface area (Å²) in [6.45, 7) is 4.34. The fraction of sp³-hybridized carbons (Fsp3) is 0.667. The van der Waals surface area contributed by atoms with Gasteiger partial charge in [-0.15, -0.1) is 0 Å². The second-order valence-corrected chi connectivity index (χ2v) is 4.53. The number of hydrogen-bond donors (Lipinski definition) is 1. The van der Waals surface area contributed by atoms with Gasteiger partial charge in [0, 0.05) is 27.7 Å². The number of aromatic nitrogens is 2. The highest BCUT2D eigenvalue weighted by Gasteiger charge is 2.18. The number of carbonyl (C=O) groups is 1. The average Bonchev–Trinajstić information content (AvgIpc) is 2.58. The largest absolute Gasteiger partial charge is 0.481 e. The second kappa shape index (κ2) is 5.86. The van der Waals surface area contributed by atoms with Crippen molar-refractivity contribution in [3.05, 3.63) is 11.3 Å². The van der Waals surface area contributed by atoms with E-state index in [-0.39, 0.29) is 11.9 Å². The first-order valence-electron chi connectivity index (χ1n) is 5.89. The van der Waals surface area contributed by atoms with Gasteiger partial charge in [-0.1, -0.05) is 0 Å². The van der Waals surface area contributed by atoms with Crippen LogP contribution in [-0.2, 0) is 18.4 Å². The molecule has 1 heterocycles. The van der Waals surface area contributed by atoms with Gasteiger partial charge in [-0.05, 0) is 13.8 Å². The molecule has 0 bridgehead atoms. The van der Waals surface area contributed by atoms with Crippen LogP contribution in [0.2, 0.25) is 0 Å². The van der Waals surface area contributed by atoms with Crippen molar-refractivity contribution in [2.75, 3.05) is 21.2 Å². The first-order valence-corrected chi connectivity index (χ1v) is 5.89. The van der Waals surface area contributed by atoms with Crippen molar-refractivity contribution in [3.63, 3.8) is 0 Å². The van der Waals surface area contributed by atoms with Gasteiger partial charge in [0.15, 0.2) is 0 Å². The van der Waals surface area contributed by atoms with E-state index in [1.807, 2.05) is 20.9 Å². The molecule has 1 aromatic heterocycles. The molecule has 1 amide bonds. The Balaban J connectivity index is 2.72. The lowest BCUT2D eigenvalue weighted by Gasteiger charge is -2.18. The van der Waals surface area contributed by atoms with Gasteiger partial charge in [0.25, 0.3) is 0 Å². The highest BCUT2D eigenvalue weighted by Crippen LogP contribution is 2.20. The number of aryl methyl sites for hydroxylation is 2. The van der Waals surface area contributed by atoms with Crippen molar-refractivity contribution < 1.29 is 9.53 Å². The summed E-state index contributed by atoms with van der Waals surface area (Å²) < 4.78 is 7.00. The molecule has 0 unspecified atom stereocenters. The Morgan fingerprint density at radius 1 is 1.56 bits per heavy atom. The molecule has 0 aliphatic carbocycles. The molecule has 102 valence electrons. The minimum absolute atomic E-state index is 0.0514. The summed E-state index contributed by atoms with van der Waals surface area (Å²) in [6.07, 6.45) is 0. The van der Waals surface area contributed by atoms with E-state index in [9.17, 15) is 4.79 Å². The molecular formula is C12H22N4O2. The van der Waals surface area contributed by atoms with Crippen LogP contribution in [0, 0.1) is 6.92 Å². The van der Waals surface area contributed by atoms with E-state index < -0.39 is 0 Å². The third-order valence-corrected chi connectivity index (χ3v) is 2.88. The summed E-state index contributed by atoms with van der Waals surface area (Å²) in [7, 11) is 6.95. The normalized spacial score (nSPS) is 12.3. The summed E-state index contributed by atoms with van der Waals surface area (Å²) in [5.41, 5.74) is 1.89. The van der Waals surface area contributed by atoms with E-state index in [0.717, 1.165) is 17.1 Å². The molecule has 1 N–H and O–H groups in total. The zero-order chi connectivity index (χ0) is 13.9. The van der Waals surface area contributed by atoms with Crippen molar-refractivity contribution in [1.82, 2.24) is 20.0 Å². The lowest BCUT2D eigenvalue weighted by atomic mass is 10.2. The van der Waals surface area contributed by atoms with E-state index in [2.05, 4.69) is 10.4 Å². The Hall–Kier alpha value is -1.56. The van der Waals surface area contributed by atoms with Crippen LogP contribution < -0.4 is 10.1 Å². The average molecular weight is 254 g/mol. The molecule has 0 aromatic carbocycles. The van der Waals surface area contributed by atoms with Crippen LogP contribution in [0.3, 0.4) is 0 Å². The Labute approximate surface area is 108 Å². The number of methoxy groups -OCH3 is 1. The zero-order valence-electron chi connectivity index (χ0n) is 11.9. The quantitative estimate of drug-likeness (QED) is 0.821. The van der Waals surface area contributed by atoms with E-state index in [4.69, 9.17) is 4.74 Å². The van der Waals surface area contributed by atoms with Gasteiger partial charge in [-0.3, -0.25) is 4.79 Å². The maximum atomic E-state index is 11.7. The number of likely N-dealkylation sites (N-methyl/N-ethyl adjacent to an activating group) is 1. The Kier molecular flexibility index (Phi) is 4.72. The van der Waals surface area contributed by atoms with Crippen molar-refractivity contribution in [3.8, 4) is 5.88 Å².